The summed E-state index contributed by atoms with van der Waals surface area (Å²) in [6.45, 7) is 21.3. The molecule has 0 aromatic heterocycles. The minimum atomic E-state index is -5.78. The van der Waals surface area contributed by atoms with Crippen LogP contribution in [0.2, 0.25) is 0 Å². The second-order valence-corrected chi connectivity index (χ2v) is 25.6. The van der Waals surface area contributed by atoms with E-state index in [0.29, 0.717) is 28.5 Å². The predicted octanol–water partition coefficient (Wildman–Crippen LogP) is 7.85. The Morgan fingerprint density at radius 3 is 1.40 bits per heavy atom. The van der Waals surface area contributed by atoms with E-state index in [-0.39, 0.29) is 68.6 Å². The third-order valence-corrected chi connectivity index (χ3v) is 17.6. The molecule has 2 aliphatic heterocycles. The lowest BCUT2D eigenvalue weighted by Crippen LogP contribution is -2.41. The van der Waals surface area contributed by atoms with Crippen LogP contribution in [0, 0.1) is 0 Å². The number of aliphatic carboxylic acids is 1. The van der Waals surface area contributed by atoms with Crippen molar-refractivity contribution >= 4 is 78.3 Å². The number of carbonyl (C=O) groups is 2. The van der Waals surface area contributed by atoms with Crippen LogP contribution in [0.1, 0.15) is 97.4 Å². The molecule has 14 nitrogen and oxygen atoms in total. The molecule has 2 heterocycles. The Balaban J connectivity index is 1.34. The second kappa shape index (κ2) is 21.4. The molecule has 0 atom stereocenters. The average molecular weight is 1080 g/mol. The van der Waals surface area contributed by atoms with Gasteiger partial charge in [0.05, 0.1) is 38.6 Å². The fourth-order valence-electron chi connectivity index (χ4n) is 9.29. The molecular formula is C54H66B2F3N3O11S2. The molecule has 1 amide bonds. The van der Waals surface area contributed by atoms with Crippen molar-refractivity contribution in [2.75, 3.05) is 25.9 Å². The number of carboxylic acid groups (broad SMARTS) is 1. The van der Waals surface area contributed by atoms with Gasteiger partial charge in [-0.1, -0.05) is 67.2 Å². The van der Waals surface area contributed by atoms with Gasteiger partial charge in [0.25, 0.3) is 9.84 Å². The minimum absolute atomic E-state index is 0.0693. The van der Waals surface area contributed by atoms with E-state index in [2.05, 4.69) is 11.9 Å². The van der Waals surface area contributed by atoms with Crippen molar-refractivity contribution in [3.63, 3.8) is 0 Å². The first-order chi connectivity index (χ1) is 34.7. The molecule has 0 bridgehead atoms. The number of rotatable bonds is 20. The Kier molecular flexibility index (Phi) is 16.4. The number of carbonyl (C=O) groups excluding carboxylic acids is 1. The summed E-state index contributed by atoms with van der Waals surface area (Å²) in [7, 11) is -11.4. The molecule has 2 fully saturated rings. The van der Waals surface area contributed by atoms with Crippen molar-refractivity contribution in [1.82, 2.24) is 15.1 Å². The highest BCUT2D eigenvalue weighted by Crippen LogP contribution is 2.40. The van der Waals surface area contributed by atoms with Gasteiger partial charge in [0.2, 0.25) is 5.91 Å². The normalized spacial score (nSPS) is 17.4. The van der Waals surface area contributed by atoms with Crippen LogP contribution >= 0.6 is 0 Å². The molecule has 7 rings (SSSR count). The molecule has 0 radical (unpaired) electrons. The van der Waals surface area contributed by atoms with E-state index in [0.717, 1.165) is 51.1 Å². The van der Waals surface area contributed by atoms with Crippen molar-refractivity contribution in [1.29, 1.82) is 0 Å². The molecule has 2 aliphatic rings. The summed E-state index contributed by atoms with van der Waals surface area (Å²) in [5.41, 5.74) is -4.91. The molecule has 2 N–H and O–H groups in total. The number of halogens is 3. The zero-order chi connectivity index (χ0) is 55.3. The Morgan fingerprint density at radius 1 is 0.640 bits per heavy atom. The lowest BCUT2D eigenvalue weighted by molar-refractivity contribution is -0.137. The number of hydrogen-bond donors (Lipinski definition) is 2. The van der Waals surface area contributed by atoms with Crippen LogP contribution in [0.3, 0.4) is 0 Å². The monoisotopic (exact) mass is 1080 g/mol. The van der Waals surface area contributed by atoms with Gasteiger partial charge in [-0.2, -0.15) is 13.2 Å². The van der Waals surface area contributed by atoms with E-state index in [4.69, 9.17) is 18.6 Å². The van der Waals surface area contributed by atoms with Gasteiger partial charge in [-0.25, -0.2) is 16.8 Å². The van der Waals surface area contributed by atoms with Gasteiger partial charge >= 0.3 is 25.7 Å². The van der Waals surface area contributed by atoms with Gasteiger partial charge in [-0.05, 0) is 148 Å². The van der Waals surface area contributed by atoms with E-state index < -0.39 is 72.7 Å². The van der Waals surface area contributed by atoms with Gasteiger partial charge in [0, 0.05) is 57.6 Å². The number of fused-ring (bicyclic) bond motifs is 2. The third kappa shape index (κ3) is 12.4. The standard InChI is InChI=1S/C54H66B2F3N3O11S2/c1-35(2)49(65)60-26-16-27-61(31-37-30-39(75(68,69)54(57,58)59)22-24-47(37)56-72-52(7,8)53(9,10)73-56)33-44-40-17-12-14-19-42(40)45(43-20-15-13-18-41(43)44)34-62(28-25-48(63)64)32-36-29-38(74(11,66)67)21-23-46(36)55-70-50(3,4)51(5,6)71-55/h12-15,17-24,29-30H,1,16,25-28,31-34H2,2-11H3,(H,60,65)(H,63,64). The van der Waals surface area contributed by atoms with Crippen molar-refractivity contribution in [2.45, 2.75) is 139 Å². The van der Waals surface area contributed by atoms with Crippen LogP contribution in [0.25, 0.3) is 21.5 Å². The van der Waals surface area contributed by atoms with Crippen molar-refractivity contribution in [3.8, 4) is 0 Å². The number of carboxylic acids is 1. The molecule has 0 aliphatic carbocycles. The molecule has 0 saturated carbocycles. The third-order valence-electron chi connectivity index (χ3n) is 15.0. The summed E-state index contributed by atoms with van der Waals surface area (Å²) in [4.78, 5) is 27.9. The molecule has 0 spiro atoms. The van der Waals surface area contributed by atoms with E-state index >= 15 is 0 Å². The predicted molar refractivity (Wildman–Crippen MR) is 285 cm³/mol. The molecule has 2 saturated heterocycles. The summed E-state index contributed by atoms with van der Waals surface area (Å²) >= 11 is 0. The molecule has 21 heteroatoms. The first kappa shape index (κ1) is 57.6. The first-order valence-corrected chi connectivity index (χ1v) is 28.1. The number of nitrogens with zero attached hydrogens (tertiary/aromatic N) is 2. The largest absolute Gasteiger partial charge is 0.501 e. The molecular weight excluding hydrogens is 1010 g/mol. The fourth-order valence-corrected chi connectivity index (χ4v) is 10.8. The summed E-state index contributed by atoms with van der Waals surface area (Å²) in [6, 6.07) is 23.5. The Hall–Kier alpha value is -5.12. The van der Waals surface area contributed by atoms with Gasteiger partial charge in [0.15, 0.2) is 9.84 Å². The van der Waals surface area contributed by atoms with Crippen LogP contribution in [-0.4, -0.2) is 112 Å². The Morgan fingerprint density at radius 2 is 1.03 bits per heavy atom. The van der Waals surface area contributed by atoms with Crippen molar-refractivity contribution < 1.29 is 63.3 Å². The number of amides is 1. The Labute approximate surface area is 439 Å². The lowest BCUT2D eigenvalue weighted by Gasteiger charge is -2.32. The quantitative estimate of drug-likeness (QED) is 0.0334. The molecule has 75 heavy (non-hydrogen) atoms. The minimum Gasteiger partial charge on any atom is -0.481 e. The number of alkyl halides is 3. The number of benzene rings is 5. The van der Waals surface area contributed by atoms with Crippen LogP contribution in [0.4, 0.5) is 13.2 Å². The van der Waals surface area contributed by atoms with Gasteiger partial charge in [0.1, 0.15) is 0 Å². The summed E-state index contributed by atoms with van der Waals surface area (Å²) < 4.78 is 120. The highest BCUT2D eigenvalue weighted by molar-refractivity contribution is 7.92. The van der Waals surface area contributed by atoms with Gasteiger partial charge < -0.3 is 29.0 Å². The highest BCUT2D eigenvalue weighted by Gasteiger charge is 2.54. The highest BCUT2D eigenvalue weighted by atomic mass is 32.2. The maximum atomic E-state index is 14.2. The van der Waals surface area contributed by atoms with E-state index in [1.165, 1.54) is 12.1 Å². The van der Waals surface area contributed by atoms with E-state index in [9.17, 15) is 44.7 Å². The number of nitrogens with one attached hydrogen (secondary N) is 1. The van der Waals surface area contributed by atoms with Crippen LogP contribution in [0.5, 0.6) is 0 Å². The number of hydrogen-bond acceptors (Lipinski definition) is 12. The van der Waals surface area contributed by atoms with Crippen molar-refractivity contribution in [3.05, 3.63) is 119 Å². The summed E-state index contributed by atoms with van der Waals surface area (Å²) in [6.07, 6.45) is 1.28. The average Bonchev–Trinajstić information content (AvgIpc) is 3.67. The molecule has 402 valence electrons. The molecule has 5 aromatic carbocycles. The Bertz CT molecular complexity index is 3170. The maximum absolute atomic E-state index is 14.2. The van der Waals surface area contributed by atoms with Crippen LogP contribution < -0.4 is 16.2 Å². The van der Waals surface area contributed by atoms with Gasteiger partial charge in [-0.3, -0.25) is 19.4 Å². The zero-order valence-electron chi connectivity index (χ0n) is 44.2. The van der Waals surface area contributed by atoms with Crippen LogP contribution in [0.15, 0.2) is 107 Å². The SMILES string of the molecule is C=C(C)C(=O)NCCCN(Cc1cc(S(=O)(=O)C(F)(F)F)ccc1B1OC(C)(C)C(C)(C)O1)Cc1c2ccccc2c(CN(CCC(=O)O)Cc2cc(S(C)(=O)=O)ccc2B2OC(C)(C)C(C)(C)O2)c2ccccc12. The smallest absolute Gasteiger partial charge is 0.481 e. The fraction of sp³-hybridized carbons (Fsp3) is 0.444. The zero-order valence-corrected chi connectivity index (χ0v) is 45.8. The number of sulfone groups is 2. The van der Waals surface area contributed by atoms with E-state index in [1.54, 1.807) is 19.1 Å². The van der Waals surface area contributed by atoms with E-state index in [1.807, 2.05) is 114 Å². The summed E-state index contributed by atoms with van der Waals surface area (Å²) in [5, 5.41) is 16.2. The maximum Gasteiger partial charge on any atom is 0.501 e. The second-order valence-electron chi connectivity index (χ2n) is 21.6. The van der Waals surface area contributed by atoms with Crippen LogP contribution in [-0.2, 0) is 74.1 Å². The van der Waals surface area contributed by atoms with Gasteiger partial charge in [-0.15, -0.1) is 0 Å². The molecule has 5 aromatic rings. The summed E-state index contributed by atoms with van der Waals surface area (Å²) in [5.74, 6) is -1.37. The lowest BCUT2D eigenvalue weighted by atomic mass is 9.75. The topological polar surface area (TPSA) is 178 Å². The first-order valence-electron chi connectivity index (χ1n) is 24.7. The van der Waals surface area contributed by atoms with Crippen molar-refractivity contribution in [2.24, 2.45) is 0 Å². The molecule has 0 unspecified atom stereocenters.